The van der Waals surface area contributed by atoms with Gasteiger partial charge >= 0.3 is 6.18 Å². The van der Waals surface area contributed by atoms with Crippen molar-refractivity contribution in [2.75, 3.05) is 5.43 Å². The van der Waals surface area contributed by atoms with E-state index >= 15 is 0 Å². The molecule has 0 radical (unpaired) electrons. The molecule has 1 aromatic carbocycles. The van der Waals surface area contributed by atoms with Crippen molar-refractivity contribution in [2.24, 2.45) is 7.05 Å². The molecule has 2 N–H and O–H groups in total. The summed E-state index contributed by atoms with van der Waals surface area (Å²) < 4.78 is 39.5. The van der Waals surface area contributed by atoms with E-state index in [1.54, 1.807) is 0 Å². The van der Waals surface area contributed by atoms with Crippen LogP contribution in [0.2, 0.25) is 0 Å². The summed E-state index contributed by atoms with van der Waals surface area (Å²) in [6.07, 6.45) is -3.64. The Morgan fingerprint density at radius 1 is 1.35 bits per heavy atom. The summed E-state index contributed by atoms with van der Waals surface area (Å²) in [5, 5.41) is 0. The summed E-state index contributed by atoms with van der Waals surface area (Å²) in [6.45, 7) is 1.81. The van der Waals surface area contributed by atoms with Crippen molar-refractivity contribution in [2.45, 2.75) is 25.9 Å². The summed E-state index contributed by atoms with van der Waals surface area (Å²) >= 11 is 0. The highest BCUT2D eigenvalue weighted by Crippen LogP contribution is 2.30. The van der Waals surface area contributed by atoms with Crippen molar-refractivity contribution in [3.05, 3.63) is 34.1 Å². The number of nitrogens with zero attached hydrogens (tertiary/aromatic N) is 2. The van der Waals surface area contributed by atoms with Gasteiger partial charge in [0.15, 0.2) is 0 Å². The van der Waals surface area contributed by atoms with Crippen LogP contribution in [0.15, 0.2) is 23.0 Å². The number of hydrogen-bond donors (Lipinski definition) is 2. The number of carbonyl (C=O) groups excluding carboxylic acids is 1. The molecule has 0 saturated heterocycles. The number of aryl methyl sites for hydroxylation is 1. The number of carbonyl (C=O) groups is 1. The molecule has 6 nitrogen and oxygen atoms in total. The minimum atomic E-state index is -4.51. The number of rotatable bonds is 4. The zero-order valence-corrected chi connectivity index (χ0v) is 12.5. The SMILES string of the molecule is CCCC(=O)NNc1nc2cc(C(F)(F)F)ccc2n(C)c1=O. The van der Waals surface area contributed by atoms with Gasteiger partial charge in [0.05, 0.1) is 16.6 Å². The summed E-state index contributed by atoms with van der Waals surface area (Å²) in [5.74, 6) is -0.593. The average Bonchev–Trinajstić information content (AvgIpc) is 2.48. The van der Waals surface area contributed by atoms with E-state index in [4.69, 9.17) is 0 Å². The third-order valence-corrected chi connectivity index (χ3v) is 3.20. The van der Waals surface area contributed by atoms with E-state index in [0.717, 1.165) is 16.7 Å². The first-order valence-electron chi connectivity index (χ1n) is 6.87. The zero-order valence-electron chi connectivity index (χ0n) is 12.5. The number of hydrogen-bond acceptors (Lipinski definition) is 4. The normalized spacial score (nSPS) is 11.5. The largest absolute Gasteiger partial charge is 0.416 e. The topological polar surface area (TPSA) is 76.0 Å². The van der Waals surface area contributed by atoms with Crippen LogP contribution in [0.3, 0.4) is 0 Å². The molecule has 0 unspecified atom stereocenters. The Morgan fingerprint density at radius 2 is 2.04 bits per heavy atom. The molecule has 0 atom stereocenters. The fourth-order valence-corrected chi connectivity index (χ4v) is 2.01. The maximum Gasteiger partial charge on any atom is 0.416 e. The highest BCUT2D eigenvalue weighted by atomic mass is 19.4. The van der Waals surface area contributed by atoms with E-state index in [1.807, 2.05) is 6.92 Å². The van der Waals surface area contributed by atoms with Gasteiger partial charge < -0.3 is 4.57 Å². The van der Waals surface area contributed by atoms with Gasteiger partial charge in [-0.05, 0) is 24.6 Å². The van der Waals surface area contributed by atoms with Crippen LogP contribution in [-0.2, 0) is 18.0 Å². The van der Waals surface area contributed by atoms with Crippen LogP contribution in [0, 0.1) is 0 Å². The number of halogens is 3. The number of hydrazine groups is 1. The van der Waals surface area contributed by atoms with Crippen LogP contribution in [0.1, 0.15) is 25.3 Å². The maximum absolute atomic E-state index is 12.8. The van der Waals surface area contributed by atoms with Crippen LogP contribution < -0.4 is 16.4 Å². The van der Waals surface area contributed by atoms with Crippen LogP contribution in [0.25, 0.3) is 11.0 Å². The van der Waals surface area contributed by atoms with Gasteiger partial charge in [-0.2, -0.15) is 13.2 Å². The lowest BCUT2D eigenvalue weighted by molar-refractivity contribution is -0.137. The number of benzene rings is 1. The molecule has 0 aliphatic carbocycles. The fourth-order valence-electron chi connectivity index (χ4n) is 2.01. The maximum atomic E-state index is 12.8. The van der Waals surface area contributed by atoms with Crippen LogP contribution in [0.4, 0.5) is 19.0 Å². The molecule has 0 aliphatic rings. The molecule has 0 fully saturated rings. The smallest absolute Gasteiger partial charge is 0.307 e. The van der Waals surface area contributed by atoms with Crippen molar-refractivity contribution >= 4 is 22.8 Å². The second-order valence-electron chi connectivity index (χ2n) is 4.95. The van der Waals surface area contributed by atoms with Crippen molar-refractivity contribution in [1.82, 2.24) is 15.0 Å². The molecule has 2 rings (SSSR count). The van der Waals surface area contributed by atoms with Crippen LogP contribution in [0.5, 0.6) is 0 Å². The molecule has 124 valence electrons. The lowest BCUT2D eigenvalue weighted by Crippen LogP contribution is -2.34. The summed E-state index contributed by atoms with van der Waals surface area (Å²) in [5.41, 5.74) is 3.48. The van der Waals surface area contributed by atoms with Crippen molar-refractivity contribution < 1.29 is 18.0 Å². The second kappa shape index (κ2) is 6.27. The molecule has 1 aromatic heterocycles. The fraction of sp³-hybridized carbons (Fsp3) is 0.357. The van der Waals surface area contributed by atoms with Gasteiger partial charge in [0.1, 0.15) is 0 Å². The predicted molar refractivity (Wildman–Crippen MR) is 78.7 cm³/mol. The first kappa shape index (κ1) is 16.8. The summed E-state index contributed by atoms with van der Waals surface area (Å²) in [6, 6.07) is 2.93. The third-order valence-electron chi connectivity index (χ3n) is 3.20. The molecule has 0 bridgehead atoms. The van der Waals surface area contributed by atoms with Crippen LogP contribution >= 0.6 is 0 Å². The number of aromatic nitrogens is 2. The number of alkyl halides is 3. The standard InChI is InChI=1S/C14H15F3N4O2/c1-3-4-11(22)19-20-12-13(23)21(2)10-6-5-8(14(15,16)17)7-9(10)18-12/h5-7H,3-4H2,1-2H3,(H,18,20)(H,19,22). The van der Waals surface area contributed by atoms with Gasteiger partial charge in [0, 0.05) is 13.5 Å². The molecule has 1 amide bonds. The first-order chi connectivity index (χ1) is 10.7. The van der Waals surface area contributed by atoms with E-state index < -0.39 is 17.3 Å². The quantitative estimate of drug-likeness (QED) is 0.844. The van der Waals surface area contributed by atoms with Gasteiger partial charge in [-0.25, -0.2) is 4.98 Å². The Hall–Kier alpha value is -2.58. The average molecular weight is 328 g/mol. The number of anilines is 1. The van der Waals surface area contributed by atoms with Gasteiger partial charge in [-0.1, -0.05) is 6.92 Å². The van der Waals surface area contributed by atoms with E-state index in [-0.39, 0.29) is 29.2 Å². The lowest BCUT2D eigenvalue weighted by atomic mass is 10.2. The van der Waals surface area contributed by atoms with Crippen molar-refractivity contribution in [1.29, 1.82) is 0 Å². The van der Waals surface area contributed by atoms with Gasteiger partial charge in [-0.15, -0.1) is 0 Å². The Balaban J connectivity index is 2.44. The van der Waals surface area contributed by atoms with E-state index in [0.29, 0.717) is 6.42 Å². The van der Waals surface area contributed by atoms with E-state index in [1.165, 1.54) is 13.1 Å². The summed E-state index contributed by atoms with van der Waals surface area (Å²) in [7, 11) is 1.42. The Labute approximate surface area is 129 Å². The second-order valence-corrected chi connectivity index (χ2v) is 4.95. The van der Waals surface area contributed by atoms with Gasteiger partial charge in [-0.3, -0.25) is 20.4 Å². The molecule has 2 aromatic rings. The molecule has 0 aliphatic heterocycles. The molecular weight excluding hydrogens is 313 g/mol. The Bertz CT molecular complexity index is 799. The van der Waals surface area contributed by atoms with Crippen LogP contribution in [-0.4, -0.2) is 15.5 Å². The Morgan fingerprint density at radius 3 is 2.65 bits per heavy atom. The van der Waals surface area contributed by atoms with E-state index in [2.05, 4.69) is 15.8 Å². The van der Waals surface area contributed by atoms with E-state index in [9.17, 15) is 22.8 Å². The number of nitrogens with one attached hydrogen (secondary N) is 2. The minimum absolute atomic E-state index is 0.00540. The molecule has 0 saturated carbocycles. The van der Waals surface area contributed by atoms with Crippen molar-refractivity contribution in [3.63, 3.8) is 0 Å². The first-order valence-corrected chi connectivity index (χ1v) is 6.87. The molecule has 1 heterocycles. The predicted octanol–water partition coefficient (Wildman–Crippen LogP) is 2.20. The van der Waals surface area contributed by atoms with Gasteiger partial charge in [0.2, 0.25) is 11.7 Å². The zero-order chi connectivity index (χ0) is 17.2. The molecule has 9 heteroatoms. The van der Waals surface area contributed by atoms with Gasteiger partial charge in [0.25, 0.3) is 5.56 Å². The highest BCUT2D eigenvalue weighted by molar-refractivity contribution is 5.79. The molecular formula is C14H15F3N4O2. The third kappa shape index (κ3) is 3.61. The molecule has 23 heavy (non-hydrogen) atoms. The number of fused-ring (bicyclic) bond motifs is 1. The lowest BCUT2D eigenvalue weighted by Gasteiger charge is -2.12. The Kier molecular flexibility index (Phi) is 4.57. The number of amides is 1. The minimum Gasteiger partial charge on any atom is -0.307 e. The summed E-state index contributed by atoms with van der Waals surface area (Å²) in [4.78, 5) is 27.4. The monoisotopic (exact) mass is 328 g/mol. The molecule has 0 spiro atoms. The van der Waals surface area contributed by atoms with Crippen molar-refractivity contribution in [3.8, 4) is 0 Å². The highest BCUT2D eigenvalue weighted by Gasteiger charge is 2.30.